The lowest BCUT2D eigenvalue weighted by Gasteiger charge is -2.03. The molecule has 1 heterocycles. The average molecular weight is 185 g/mol. The van der Waals surface area contributed by atoms with Gasteiger partial charge in [-0.2, -0.15) is 0 Å². The van der Waals surface area contributed by atoms with Crippen LogP contribution in [0, 0.1) is 0 Å². The van der Waals surface area contributed by atoms with Crippen LogP contribution in [0.5, 0.6) is 0 Å². The predicted molar refractivity (Wildman–Crippen MR) is 50.2 cm³/mol. The highest BCUT2D eigenvalue weighted by molar-refractivity contribution is 7.80. The van der Waals surface area contributed by atoms with Crippen LogP contribution in [0.15, 0.2) is 12.5 Å². The number of aromatic amines is 1. The Labute approximate surface area is 76.3 Å². The molecule has 1 rings (SSSR count). The number of hydrogen-bond acceptors (Lipinski definition) is 3. The molecule has 0 spiro atoms. The predicted octanol–water partition coefficient (Wildman–Crippen LogP) is 0.321. The minimum absolute atomic E-state index is 0.647. The van der Waals surface area contributed by atoms with Crippen LogP contribution in [-0.4, -0.2) is 35.2 Å². The van der Waals surface area contributed by atoms with Gasteiger partial charge in [-0.1, -0.05) is 12.2 Å². The van der Waals surface area contributed by atoms with Gasteiger partial charge in [0, 0.05) is 13.7 Å². The largest absolute Gasteiger partial charge is 0.383 e. The molecule has 12 heavy (non-hydrogen) atoms. The number of hydrogen-bond donors (Lipinski definition) is 2. The number of methoxy groups -OCH3 is 1. The second-order valence-electron chi connectivity index (χ2n) is 2.21. The van der Waals surface area contributed by atoms with Gasteiger partial charge in [0.15, 0.2) is 0 Å². The second-order valence-corrected chi connectivity index (χ2v) is 2.62. The highest BCUT2D eigenvalue weighted by Crippen LogP contribution is 1.91. The monoisotopic (exact) mass is 185 g/mol. The molecule has 4 nitrogen and oxygen atoms in total. The van der Waals surface area contributed by atoms with Gasteiger partial charge in [-0.25, -0.2) is 4.98 Å². The highest BCUT2D eigenvalue weighted by atomic mass is 32.1. The van der Waals surface area contributed by atoms with Crippen LogP contribution in [0.1, 0.15) is 5.69 Å². The lowest BCUT2D eigenvalue weighted by Crippen LogP contribution is -2.26. The van der Waals surface area contributed by atoms with Crippen molar-refractivity contribution >= 4 is 17.2 Å². The van der Waals surface area contributed by atoms with Gasteiger partial charge in [0.1, 0.15) is 4.99 Å². The molecule has 1 aromatic heterocycles. The maximum absolute atomic E-state index is 5.05. The van der Waals surface area contributed by atoms with E-state index in [1.165, 1.54) is 0 Å². The third-order valence-electron chi connectivity index (χ3n) is 1.33. The van der Waals surface area contributed by atoms with Crippen LogP contribution in [0.3, 0.4) is 0 Å². The number of imidazole rings is 1. The van der Waals surface area contributed by atoms with Gasteiger partial charge in [0.05, 0.1) is 24.8 Å². The minimum atomic E-state index is 0.647. The first-order valence-corrected chi connectivity index (χ1v) is 4.01. The first-order valence-electron chi connectivity index (χ1n) is 3.60. The van der Waals surface area contributed by atoms with Crippen molar-refractivity contribution in [1.82, 2.24) is 15.3 Å². The molecule has 1 aromatic rings. The molecule has 0 bridgehead atoms. The number of nitrogens with one attached hydrogen (secondary N) is 2. The van der Waals surface area contributed by atoms with Gasteiger partial charge < -0.3 is 15.0 Å². The van der Waals surface area contributed by atoms with Crippen molar-refractivity contribution in [1.29, 1.82) is 0 Å². The Morgan fingerprint density at radius 3 is 3.25 bits per heavy atom. The summed E-state index contributed by atoms with van der Waals surface area (Å²) in [6, 6.07) is 0. The van der Waals surface area contributed by atoms with E-state index in [9.17, 15) is 0 Å². The Kier molecular flexibility index (Phi) is 3.69. The van der Waals surface area contributed by atoms with Crippen molar-refractivity contribution in [3.63, 3.8) is 0 Å². The first-order chi connectivity index (χ1) is 5.84. The minimum Gasteiger partial charge on any atom is -0.383 e. The quantitative estimate of drug-likeness (QED) is 0.524. The fourth-order valence-electron chi connectivity index (χ4n) is 0.742. The highest BCUT2D eigenvalue weighted by Gasteiger charge is 1.99. The van der Waals surface area contributed by atoms with Gasteiger partial charge in [-0.3, -0.25) is 0 Å². The van der Waals surface area contributed by atoms with E-state index in [-0.39, 0.29) is 0 Å². The van der Waals surface area contributed by atoms with Gasteiger partial charge in [-0.15, -0.1) is 0 Å². The first kappa shape index (κ1) is 9.15. The zero-order valence-corrected chi connectivity index (χ0v) is 7.65. The van der Waals surface area contributed by atoms with Crippen molar-refractivity contribution < 1.29 is 4.74 Å². The summed E-state index contributed by atoms with van der Waals surface area (Å²) in [7, 11) is 1.65. The van der Waals surface area contributed by atoms with Crippen molar-refractivity contribution in [3.05, 3.63) is 18.2 Å². The zero-order valence-electron chi connectivity index (χ0n) is 6.83. The van der Waals surface area contributed by atoms with E-state index in [0.29, 0.717) is 18.1 Å². The molecule has 0 unspecified atom stereocenters. The Balaban J connectivity index is 2.30. The summed E-state index contributed by atoms with van der Waals surface area (Å²) >= 11 is 5.05. The van der Waals surface area contributed by atoms with E-state index in [2.05, 4.69) is 15.3 Å². The van der Waals surface area contributed by atoms with Gasteiger partial charge in [0.2, 0.25) is 0 Å². The van der Waals surface area contributed by atoms with Crippen LogP contribution < -0.4 is 5.32 Å². The number of thiocarbonyl (C=S) groups is 1. The van der Waals surface area contributed by atoms with Gasteiger partial charge >= 0.3 is 0 Å². The molecule has 66 valence electrons. The van der Waals surface area contributed by atoms with E-state index >= 15 is 0 Å². The molecule has 0 radical (unpaired) electrons. The fraction of sp³-hybridized carbons (Fsp3) is 0.429. The molecule has 0 amide bonds. The van der Waals surface area contributed by atoms with Crippen LogP contribution in [0.25, 0.3) is 0 Å². The summed E-state index contributed by atoms with van der Waals surface area (Å²) in [5.41, 5.74) is 0.834. The molecule has 5 heteroatoms. The molecule has 0 aliphatic rings. The number of nitrogens with zero attached hydrogens (tertiary/aromatic N) is 1. The Hall–Kier alpha value is -0.940. The standard InChI is InChI=1S/C7H11N3OS/c1-11-3-2-9-7(12)6-4-8-5-10-6/h4-5H,2-3H2,1H3,(H,8,10)(H,9,12). The molecule has 0 saturated carbocycles. The van der Waals surface area contributed by atoms with Crippen LogP contribution in [0.4, 0.5) is 0 Å². The summed E-state index contributed by atoms with van der Waals surface area (Å²) in [6.45, 7) is 1.36. The second kappa shape index (κ2) is 4.84. The van der Waals surface area contributed by atoms with Gasteiger partial charge in [0.25, 0.3) is 0 Å². The molecule has 0 fully saturated rings. The molecule has 0 aliphatic heterocycles. The van der Waals surface area contributed by atoms with E-state index in [0.717, 1.165) is 5.69 Å². The fourth-order valence-corrected chi connectivity index (χ4v) is 0.956. The normalized spacial score (nSPS) is 9.75. The van der Waals surface area contributed by atoms with Crippen molar-refractivity contribution in [2.75, 3.05) is 20.3 Å². The summed E-state index contributed by atoms with van der Waals surface area (Å²) in [5.74, 6) is 0. The third kappa shape index (κ3) is 2.60. The zero-order chi connectivity index (χ0) is 8.81. The Bertz CT molecular complexity index is 235. The van der Waals surface area contributed by atoms with E-state index in [1.54, 1.807) is 19.6 Å². The lowest BCUT2D eigenvalue weighted by atomic mass is 10.4. The number of rotatable bonds is 4. The molecule has 0 aliphatic carbocycles. The molecule has 0 aromatic carbocycles. The van der Waals surface area contributed by atoms with Crippen LogP contribution in [0.2, 0.25) is 0 Å². The molecule has 0 saturated heterocycles. The maximum atomic E-state index is 5.05. The van der Waals surface area contributed by atoms with Crippen LogP contribution >= 0.6 is 12.2 Å². The summed E-state index contributed by atoms with van der Waals surface area (Å²) in [5, 5.41) is 3.02. The molecular formula is C7H11N3OS. The number of H-pyrrole nitrogens is 1. The summed E-state index contributed by atoms with van der Waals surface area (Å²) in [4.78, 5) is 7.44. The number of aromatic nitrogens is 2. The van der Waals surface area contributed by atoms with Crippen molar-refractivity contribution in [2.45, 2.75) is 0 Å². The average Bonchev–Trinajstić information content (AvgIpc) is 2.56. The lowest BCUT2D eigenvalue weighted by molar-refractivity contribution is 0.204. The Morgan fingerprint density at radius 1 is 1.83 bits per heavy atom. The maximum Gasteiger partial charge on any atom is 0.124 e. The molecular weight excluding hydrogens is 174 g/mol. The summed E-state index contributed by atoms with van der Waals surface area (Å²) in [6.07, 6.45) is 3.28. The van der Waals surface area contributed by atoms with E-state index in [1.807, 2.05) is 0 Å². The van der Waals surface area contributed by atoms with Crippen molar-refractivity contribution in [3.8, 4) is 0 Å². The molecule has 2 N–H and O–H groups in total. The Morgan fingerprint density at radius 2 is 2.67 bits per heavy atom. The number of ether oxygens (including phenoxy) is 1. The topological polar surface area (TPSA) is 49.9 Å². The summed E-state index contributed by atoms with van der Waals surface area (Å²) < 4.78 is 4.86. The SMILES string of the molecule is COCCNC(=S)c1cnc[nH]1. The van der Waals surface area contributed by atoms with E-state index in [4.69, 9.17) is 17.0 Å². The third-order valence-corrected chi connectivity index (χ3v) is 1.70. The molecule has 0 atom stereocenters. The van der Waals surface area contributed by atoms with Gasteiger partial charge in [-0.05, 0) is 0 Å². The van der Waals surface area contributed by atoms with Crippen LogP contribution in [-0.2, 0) is 4.74 Å². The smallest absolute Gasteiger partial charge is 0.124 e. The van der Waals surface area contributed by atoms with Crippen molar-refractivity contribution in [2.24, 2.45) is 0 Å². The van der Waals surface area contributed by atoms with E-state index < -0.39 is 0 Å².